The summed E-state index contributed by atoms with van der Waals surface area (Å²) in [4.78, 5) is 12.8. The summed E-state index contributed by atoms with van der Waals surface area (Å²) in [5.74, 6) is 0.204. The number of carbonyl (C=O) groups excluding carboxylic acids is 1. The monoisotopic (exact) mass is 444 g/mol. The normalized spacial score (nSPS) is 19.6. The van der Waals surface area contributed by atoms with Crippen molar-refractivity contribution in [2.45, 2.75) is 30.2 Å². The Bertz CT molecular complexity index is 918. The maximum Gasteiger partial charge on any atom is 0.245 e. The van der Waals surface area contributed by atoms with Gasteiger partial charge in [0.2, 0.25) is 15.9 Å². The number of benzene rings is 1. The quantitative estimate of drug-likeness (QED) is 0.631. The smallest absolute Gasteiger partial charge is 0.245 e. The third-order valence-electron chi connectivity index (χ3n) is 4.86. The van der Waals surface area contributed by atoms with E-state index in [9.17, 15) is 18.3 Å². The Morgan fingerprint density at radius 3 is 3.04 bits per heavy atom. The Morgan fingerprint density at radius 1 is 1.46 bits per heavy atom. The van der Waals surface area contributed by atoms with Gasteiger partial charge in [-0.3, -0.25) is 4.79 Å². The fourth-order valence-corrected chi connectivity index (χ4v) is 6.09. The molecule has 1 saturated heterocycles. The molecule has 1 unspecified atom stereocenters. The number of aliphatic hydroxyl groups excluding tert-OH is 1. The lowest BCUT2D eigenvalue weighted by molar-refractivity contribution is -0.127. The number of aromatic nitrogens is 2. The number of aliphatic hydroxyl groups is 1. The van der Waals surface area contributed by atoms with Gasteiger partial charge in [-0.05, 0) is 43.4 Å². The summed E-state index contributed by atoms with van der Waals surface area (Å²) in [6.07, 6.45) is 3.88. The highest BCUT2D eigenvalue weighted by atomic mass is 32.2. The van der Waals surface area contributed by atoms with E-state index in [1.165, 1.54) is 10.4 Å². The molecule has 1 aromatic heterocycles. The van der Waals surface area contributed by atoms with Crippen LogP contribution in [0.2, 0.25) is 0 Å². The van der Waals surface area contributed by atoms with Crippen molar-refractivity contribution in [1.82, 2.24) is 18.4 Å². The molecule has 3 rings (SSSR count). The van der Waals surface area contributed by atoms with E-state index in [0.29, 0.717) is 36.8 Å². The van der Waals surface area contributed by atoms with Gasteiger partial charge in [0.05, 0.1) is 30.3 Å². The van der Waals surface area contributed by atoms with Crippen LogP contribution in [0, 0.1) is 5.92 Å². The lowest BCUT2D eigenvalue weighted by Gasteiger charge is -2.32. The van der Waals surface area contributed by atoms with Gasteiger partial charge < -0.3 is 10.4 Å². The molecule has 0 saturated carbocycles. The molecule has 28 heavy (non-hydrogen) atoms. The van der Waals surface area contributed by atoms with E-state index in [2.05, 4.69) is 14.1 Å². The number of fused-ring (bicyclic) bond motifs is 1. The van der Waals surface area contributed by atoms with Crippen LogP contribution in [0.15, 0.2) is 23.1 Å². The van der Waals surface area contributed by atoms with E-state index in [4.69, 9.17) is 0 Å². The number of amides is 1. The topological polar surface area (TPSA) is 112 Å². The summed E-state index contributed by atoms with van der Waals surface area (Å²) in [6, 6.07) is 4.62. The van der Waals surface area contributed by atoms with Crippen molar-refractivity contribution in [1.29, 1.82) is 0 Å². The maximum absolute atomic E-state index is 13.2. The van der Waals surface area contributed by atoms with Crippen LogP contribution in [0.4, 0.5) is 0 Å². The number of rotatable bonds is 8. The first-order valence-corrected chi connectivity index (χ1v) is 12.7. The zero-order valence-electron chi connectivity index (χ0n) is 15.6. The second-order valence-corrected chi connectivity index (χ2v) is 10.2. The van der Waals surface area contributed by atoms with E-state index < -0.39 is 15.9 Å². The number of hydrogen-bond donors (Lipinski definition) is 2. The highest BCUT2D eigenvalue weighted by Crippen LogP contribution is 2.28. The molecule has 0 radical (unpaired) electrons. The predicted octanol–water partition coefficient (Wildman–Crippen LogP) is 1.32. The highest BCUT2D eigenvalue weighted by Gasteiger charge is 2.35. The molecule has 11 heteroatoms. The first-order chi connectivity index (χ1) is 13.5. The van der Waals surface area contributed by atoms with Gasteiger partial charge in [0.1, 0.15) is 15.9 Å². The van der Waals surface area contributed by atoms with Crippen LogP contribution in [-0.4, -0.2) is 70.2 Å². The zero-order chi connectivity index (χ0) is 20.1. The fourth-order valence-electron chi connectivity index (χ4n) is 3.29. The third kappa shape index (κ3) is 4.65. The minimum atomic E-state index is -3.77. The second kappa shape index (κ2) is 9.49. The molecule has 2 aromatic rings. The van der Waals surface area contributed by atoms with Crippen LogP contribution >= 0.6 is 23.5 Å². The molecule has 1 aliphatic heterocycles. The summed E-state index contributed by atoms with van der Waals surface area (Å²) < 4.78 is 36.0. The van der Waals surface area contributed by atoms with Gasteiger partial charge in [0, 0.05) is 13.1 Å². The minimum Gasteiger partial charge on any atom is -0.394 e. The van der Waals surface area contributed by atoms with Crippen LogP contribution in [0.1, 0.15) is 19.3 Å². The van der Waals surface area contributed by atoms with Crippen LogP contribution in [0.25, 0.3) is 11.0 Å². The van der Waals surface area contributed by atoms with Crippen LogP contribution in [-0.2, 0) is 14.8 Å². The van der Waals surface area contributed by atoms with E-state index in [0.717, 1.165) is 17.5 Å². The second-order valence-electron chi connectivity index (χ2n) is 6.76. The van der Waals surface area contributed by atoms with Crippen molar-refractivity contribution in [3.05, 3.63) is 18.2 Å². The molecule has 2 atom stereocenters. The van der Waals surface area contributed by atoms with Crippen molar-refractivity contribution in [2.24, 2.45) is 5.92 Å². The van der Waals surface area contributed by atoms with Crippen LogP contribution in [0.5, 0.6) is 0 Å². The molecule has 2 N–H and O–H groups in total. The van der Waals surface area contributed by atoms with Gasteiger partial charge in [-0.2, -0.15) is 24.8 Å². The minimum absolute atomic E-state index is 0.125. The largest absolute Gasteiger partial charge is 0.394 e. The molecular formula is C17H24N4O4S3. The van der Waals surface area contributed by atoms with Gasteiger partial charge in [-0.15, -0.1) is 0 Å². The van der Waals surface area contributed by atoms with Crippen LogP contribution in [0.3, 0.4) is 0 Å². The summed E-state index contributed by atoms with van der Waals surface area (Å²) in [5, 5.41) is 12.3. The number of nitrogens with zero attached hydrogens (tertiary/aromatic N) is 3. The van der Waals surface area contributed by atoms with E-state index in [1.807, 2.05) is 6.26 Å². The molecule has 154 valence electrons. The van der Waals surface area contributed by atoms with E-state index in [1.54, 1.807) is 23.9 Å². The molecular weight excluding hydrogens is 420 g/mol. The SMILES string of the molecule is CSCC[C@@H](CO)NC(=O)C1CCCN(S(=O)(=O)c2cccc3nsnc23)C1. The summed E-state index contributed by atoms with van der Waals surface area (Å²) in [7, 11) is -3.77. The Labute approximate surface area is 173 Å². The van der Waals surface area contributed by atoms with Gasteiger partial charge in [0.25, 0.3) is 0 Å². The predicted molar refractivity (Wildman–Crippen MR) is 111 cm³/mol. The van der Waals surface area contributed by atoms with E-state index in [-0.39, 0.29) is 30.0 Å². The molecule has 1 aliphatic rings. The van der Waals surface area contributed by atoms with Crippen molar-refractivity contribution in [2.75, 3.05) is 31.7 Å². The van der Waals surface area contributed by atoms with Crippen molar-refractivity contribution >= 4 is 50.5 Å². The molecule has 2 heterocycles. The lowest BCUT2D eigenvalue weighted by Crippen LogP contribution is -2.48. The number of sulfonamides is 1. The average Bonchev–Trinajstić information content (AvgIpc) is 3.19. The van der Waals surface area contributed by atoms with Gasteiger partial charge in [-0.1, -0.05) is 6.07 Å². The first-order valence-electron chi connectivity index (χ1n) is 9.09. The first kappa shape index (κ1) is 21.4. The Hall–Kier alpha value is -1.27. The van der Waals surface area contributed by atoms with Gasteiger partial charge in [-0.25, -0.2) is 8.42 Å². The standard InChI is InChI=1S/C17H24N4O4S3/c1-26-9-7-13(11-22)18-17(23)12-4-3-8-21(10-12)28(24,25)15-6-2-5-14-16(15)20-27-19-14/h2,5-6,12-13,22H,3-4,7-11H2,1H3,(H,18,23)/t12?,13-/m0/s1. The molecule has 8 nitrogen and oxygen atoms in total. The summed E-state index contributed by atoms with van der Waals surface area (Å²) in [5.41, 5.74) is 0.924. The summed E-state index contributed by atoms with van der Waals surface area (Å²) >= 11 is 2.63. The third-order valence-corrected chi connectivity index (χ3v) is 7.94. The average molecular weight is 445 g/mol. The van der Waals surface area contributed by atoms with Crippen molar-refractivity contribution in [3.8, 4) is 0 Å². The number of hydrogen-bond acceptors (Lipinski definition) is 8. The van der Waals surface area contributed by atoms with E-state index >= 15 is 0 Å². The molecule has 1 fully saturated rings. The maximum atomic E-state index is 13.2. The lowest BCUT2D eigenvalue weighted by atomic mass is 9.98. The van der Waals surface area contributed by atoms with Crippen molar-refractivity contribution in [3.63, 3.8) is 0 Å². The highest BCUT2D eigenvalue weighted by molar-refractivity contribution is 7.98. The Kier molecular flexibility index (Phi) is 7.26. The Balaban J connectivity index is 1.73. The Morgan fingerprint density at radius 2 is 2.29 bits per heavy atom. The number of piperidine rings is 1. The number of nitrogens with one attached hydrogen (secondary N) is 1. The van der Waals surface area contributed by atoms with Crippen LogP contribution < -0.4 is 5.32 Å². The fraction of sp³-hybridized carbons (Fsp3) is 0.588. The van der Waals surface area contributed by atoms with Gasteiger partial charge in [0.15, 0.2) is 0 Å². The molecule has 0 spiro atoms. The van der Waals surface area contributed by atoms with Gasteiger partial charge >= 0.3 is 0 Å². The number of carbonyl (C=O) groups is 1. The molecule has 1 aromatic carbocycles. The zero-order valence-corrected chi connectivity index (χ0v) is 18.0. The van der Waals surface area contributed by atoms with Crippen molar-refractivity contribution < 1.29 is 18.3 Å². The summed E-state index contributed by atoms with van der Waals surface area (Å²) in [6.45, 7) is 0.374. The molecule has 1 amide bonds. The molecule has 0 aliphatic carbocycles. The molecule has 0 bridgehead atoms. The number of thioether (sulfide) groups is 1.